The molecule has 1 heterocycles. The highest BCUT2D eigenvalue weighted by atomic mass is 16.5. The molecule has 8 heteroatoms. The SMILES string of the molecule is CCCO[C@@H]1CC[C@H](C(=O)NCCn2cc(C)nn2)C[C@H]1NC(=O)CC. The van der Waals surface area contributed by atoms with Crippen molar-refractivity contribution in [3.8, 4) is 0 Å². The normalized spacial score (nSPS) is 22.8. The Morgan fingerprint density at radius 3 is 2.81 bits per heavy atom. The highest BCUT2D eigenvalue weighted by molar-refractivity contribution is 5.79. The van der Waals surface area contributed by atoms with Gasteiger partial charge in [-0.25, -0.2) is 0 Å². The number of ether oxygens (including phenoxy) is 1. The number of hydrogen-bond acceptors (Lipinski definition) is 5. The summed E-state index contributed by atoms with van der Waals surface area (Å²) in [6.45, 7) is 7.56. The molecule has 3 atom stereocenters. The topological polar surface area (TPSA) is 98.1 Å². The van der Waals surface area contributed by atoms with Crippen LogP contribution in [0, 0.1) is 12.8 Å². The van der Waals surface area contributed by atoms with Crippen molar-refractivity contribution in [1.82, 2.24) is 25.6 Å². The third-order valence-corrected chi connectivity index (χ3v) is 4.65. The Hall–Kier alpha value is -1.96. The Balaban J connectivity index is 1.84. The molecule has 2 N–H and O–H groups in total. The number of aryl methyl sites for hydroxylation is 1. The number of nitrogens with zero attached hydrogens (tertiary/aromatic N) is 3. The van der Waals surface area contributed by atoms with Gasteiger partial charge in [0.15, 0.2) is 0 Å². The van der Waals surface area contributed by atoms with Crippen molar-refractivity contribution in [3.05, 3.63) is 11.9 Å². The van der Waals surface area contributed by atoms with Crippen molar-refractivity contribution in [2.24, 2.45) is 5.92 Å². The highest BCUT2D eigenvalue weighted by Gasteiger charge is 2.35. The van der Waals surface area contributed by atoms with Crippen LogP contribution in [0.15, 0.2) is 6.20 Å². The van der Waals surface area contributed by atoms with Crippen LogP contribution in [0.3, 0.4) is 0 Å². The maximum atomic E-state index is 12.5. The van der Waals surface area contributed by atoms with Gasteiger partial charge in [0.05, 0.1) is 24.4 Å². The second kappa shape index (κ2) is 10.3. The van der Waals surface area contributed by atoms with Gasteiger partial charge in [-0.1, -0.05) is 19.1 Å². The van der Waals surface area contributed by atoms with Gasteiger partial charge in [-0.3, -0.25) is 14.3 Å². The van der Waals surface area contributed by atoms with E-state index in [0.717, 1.165) is 25.0 Å². The third-order valence-electron chi connectivity index (χ3n) is 4.65. The van der Waals surface area contributed by atoms with Crippen LogP contribution in [0.25, 0.3) is 0 Å². The van der Waals surface area contributed by atoms with Crippen LogP contribution in [-0.4, -0.2) is 52.1 Å². The molecule has 0 bridgehead atoms. The van der Waals surface area contributed by atoms with Gasteiger partial charge in [-0.15, -0.1) is 5.10 Å². The smallest absolute Gasteiger partial charge is 0.223 e. The predicted octanol–water partition coefficient (Wildman–Crippen LogP) is 1.19. The molecule has 2 amide bonds. The number of rotatable bonds is 9. The van der Waals surface area contributed by atoms with E-state index in [1.165, 1.54) is 0 Å². The van der Waals surface area contributed by atoms with E-state index < -0.39 is 0 Å². The van der Waals surface area contributed by atoms with Crippen LogP contribution in [0.1, 0.15) is 51.6 Å². The maximum Gasteiger partial charge on any atom is 0.223 e. The molecule has 1 aliphatic carbocycles. The number of carbonyl (C=O) groups excluding carboxylic acids is 2. The largest absolute Gasteiger partial charge is 0.376 e. The van der Waals surface area contributed by atoms with E-state index >= 15 is 0 Å². The Kier molecular flexibility index (Phi) is 8.03. The lowest BCUT2D eigenvalue weighted by Crippen LogP contribution is -2.50. The molecule has 1 aromatic rings. The van der Waals surface area contributed by atoms with Gasteiger partial charge in [-0.05, 0) is 32.6 Å². The van der Waals surface area contributed by atoms with Crippen molar-refractivity contribution in [1.29, 1.82) is 0 Å². The van der Waals surface area contributed by atoms with Crippen LogP contribution in [0.2, 0.25) is 0 Å². The Labute approximate surface area is 155 Å². The lowest BCUT2D eigenvalue weighted by molar-refractivity contribution is -0.130. The number of hydrogen-bond donors (Lipinski definition) is 2. The Morgan fingerprint density at radius 2 is 2.15 bits per heavy atom. The van der Waals surface area contributed by atoms with Gasteiger partial charge in [0.2, 0.25) is 11.8 Å². The summed E-state index contributed by atoms with van der Waals surface area (Å²) in [5, 5.41) is 13.9. The number of nitrogens with one attached hydrogen (secondary N) is 2. The average Bonchev–Trinajstić information content (AvgIpc) is 3.05. The molecule has 0 saturated heterocycles. The summed E-state index contributed by atoms with van der Waals surface area (Å²) >= 11 is 0. The fourth-order valence-electron chi connectivity index (χ4n) is 3.25. The van der Waals surface area contributed by atoms with E-state index in [-0.39, 0.29) is 29.9 Å². The van der Waals surface area contributed by atoms with Crippen LogP contribution >= 0.6 is 0 Å². The fraction of sp³-hybridized carbons (Fsp3) is 0.778. The summed E-state index contributed by atoms with van der Waals surface area (Å²) in [4.78, 5) is 24.3. The van der Waals surface area contributed by atoms with Crippen molar-refractivity contribution in [2.75, 3.05) is 13.2 Å². The second-order valence-corrected chi connectivity index (χ2v) is 6.86. The zero-order valence-corrected chi connectivity index (χ0v) is 16.0. The minimum atomic E-state index is -0.101. The predicted molar refractivity (Wildman–Crippen MR) is 97.4 cm³/mol. The molecule has 146 valence electrons. The number of amides is 2. The van der Waals surface area contributed by atoms with E-state index in [9.17, 15) is 9.59 Å². The first-order valence-electron chi connectivity index (χ1n) is 9.58. The van der Waals surface area contributed by atoms with Gasteiger partial charge in [0, 0.05) is 31.7 Å². The molecule has 26 heavy (non-hydrogen) atoms. The Morgan fingerprint density at radius 1 is 1.35 bits per heavy atom. The van der Waals surface area contributed by atoms with Crippen molar-refractivity contribution >= 4 is 11.8 Å². The molecule has 1 saturated carbocycles. The van der Waals surface area contributed by atoms with E-state index in [4.69, 9.17) is 4.74 Å². The quantitative estimate of drug-likeness (QED) is 0.685. The lowest BCUT2D eigenvalue weighted by Gasteiger charge is -2.36. The van der Waals surface area contributed by atoms with Crippen LogP contribution in [0.5, 0.6) is 0 Å². The summed E-state index contributed by atoms with van der Waals surface area (Å²) in [6.07, 6.45) is 5.40. The molecular weight excluding hydrogens is 334 g/mol. The standard InChI is InChI=1S/C18H31N5O3/c1-4-10-26-16-7-6-14(11-15(16)20-17(24)5-2)18(25)19-8-9-23-12-13(3)21-22-23/h12,14-16H,4-11H2,1-3H3,(H,19,25)(H,20,24)/t14-,15+,16+/m0/s1. The summed E-state index contributed by atoms with van der Waals surface area (Å²) in [5.74, 6) is -0.0645. The summed E-state index contributed by atoms with van der Waals surface area (Å²) in [7, 11) is 0. The van der Waals surface area contributed by atoms with Crippen molar-refractivity contribution in [2.45, 2.75) is 71.6 Å². The van der Waals surface area contributed by atoms with E-state index in [0.29, 0.717) is 32.5 Å². The van der Waals surface area contributed by atoms with Gasteiger partial charge in [-0.2, -0.15) is 0 Å². The molecule has 0 aromatic carbocycles. The van der Waals surface area contributed by atoms with E-state index in [2.05, 4.69) is 27.9 Å². The summed E-state index contributed by atoms with van der Waals surface area (Å²) < 4.78 is 7.61. The van der Waals surface area contributed by atoms with E-state index in [1.807, 2.05) is 20.0 Å². The molecule has 2 rings (SSSR count). The van der Waals surface area contributed by atoms with Crippen LogP contribution in [0.4, 0.5) is 0 Å². The third kappa shape index (κ3) is 6.09. The molecular formula is C18H31N5O3. The average molecular weight is 365 g/mol. The monoisotopic (exact) mass is 365 g/mol. The zero-order valence-electron chi connectivity index (χ0n) is 16.0. The summed E-state index contributed by atoms with van der Waals surface area (Å²) in [6, 6.07) is -0.100. The first-order chi connectivity index (χ1) is 12.5. The molecule has 1 aliphatic rings. The molecule has 0 radical (unpaired) electrons. The fourth-order valence-corrected chi connectivity index (χ4v) is 3.25. The van der Waals surface area contributed by atoms with Crippen LogP contribution < -0.4 is 10.6 Å². The first-order valence-corrected chi connectivity index (χ1v) is 9.58. The number of carbonyl (C=O) groups is 2. The maximum absolute atomic E-state index is 12.5. The second-order valence-electron chi connectivity index (χ2n) is 6.86. The van der Waals surface area contributed by atoms with Gasteiger partial charge in [0.1, 0.15) is 0 Å². The lowest BCUT2D eigenvalue weighted by atomic mass is 9.83. The zero-order chi connectivity index (χ0) is 18.9. The van der Waals surface area contributed by atoms with Crippen molar-refractivity contribution in [3.63, 3.8) is 0 Å². The van der Waals surface area contributed by atoms with E-state index in [1.54, 1.807) is 4.68 Å². The summed E-state index contributed by atoms with van der Waals surface area (Å²) in [5.41, 5.74) is 0.858. The minimum Gasteiger partial charge on any atom is -0.376 e. The van der Waals surface area contributed by atoms with Gasteiger partial charge >= 0.3 is 0 Å². The highest BCUT2D eigenvalue weighted by Crippen LogP contribution is 2.27. The first kappa shape index (κ1) is 20.4. The molecule has 8 nitrogen and oxygen atoms in total. The van der Waals surface area contributed by atoms with Crippen molar-refractivity contribution < 1.29 is 14.3 Å². The van der Waals surface area contributed by atoms with Gasteiger partial charge < -0.3 is 15.4 Å². The molecule has 1 aromatic heterocycles. The minimum absolute atomic E-state index is 0.00251. The molecule has 0 unspecified atom stereocenters. The van der Waals surface area contributed by atoms with Crippen LogP contribution in [-0.2, 0) is 20.9 Å². The molecule has 0 aliphatic heterocycles. The molecule has 0 spiro atoms. The molecule has 1 fully saturated rings. The van der Waals surface area contributed by atoms with Gasteiger partial charge in [0.25, 0.3) is 0 Å². The number of aromatic nitrogens is 3. The Bertz CT molecular complexity index is 589.